The van der Waals surface area contributed by atoms with E-state index in [1.54, 1.807) is 0 Å². The third kappa shape index (κ3) is 5.66. The summed E-state index contributed by atoms with van der Waals surface area (Å²) in [7, 11) is 1.29. The molecule has 0 N–H and O–H groups in total. The van der Waals surface area contributed by atoms with Crippen molar-refractivity contribution in [1.29, 1.82) is 0 Å². The van der Waals surface area contributed by atoms with Gasteiger partial charge >= 0.3 is 0 Å². The molecule has 0 aliphatic rings. The van der Waals surface area contributed by atoms with Gasteiger partial charge in [-0.05, 0) is 26.8 Å². The number of rotatable bonds is 5. The van der Waals surface area contributed by atoms with E-state index in [1.165, 1.54) is 6.07 Å². The summed E-state index contributed by atoms with van der Waals surface area (Å²) in [6.07, 6.45) is 0. The lowest BCUT2D eigenvalue weighted by Gasteiger charge is -2.19. The van der Waals surface area contributed by atoms with Crippen molar-refractivity contribution in [2.45, 2.75) is 31.3 Å². The van der Waals surface area contributed by atoms with Gasteiger partial charge in [-0.2, -0.15) is 0 Å². The van der Waals surface area contributed by atoms with E-state index in [4.69, 9.17) is 43.4 Å². The lowest BCUT2D eigenvalue weighted by molar-refractivity contribution is -0.0162. The smallest absolute Gasteiger partial charge is 0.262 e. The normalized spacial score (nSPS) is 12.5. The molecule has 0 aliphatic carbocycles. The maximum absolute atomic E-state index is 11.2. The molecule has 0 saturated heterocycles. The van der Waals surface area contributed by atoms with Gasteiger partial charge in [-0.15, -0.1) is 0 Å². The Morgan fingerprint density at radius 1 is 1.10 bits per heavy atom. The first-order chi connectivity index (χ1) is 9.00. The van der Waals surface area contributed by atoms with E-state index in [0.29, 0.717) is 6.61 Å². The minimum absolute atomic E-state index is 0.0452. The van der Waals surface area contributed by atoms with E-state index in [-0.39, 0.29) is 32.9 Å². The average molecular weight is 362 g/mol. The first kappa shape index (κ1) is 17.9. The Balaban J connectivity index is 2.76. The summed E-state index contributed by atoms with van der Waals surface area (Å²) in [6.45, 7) is 6.41. The number of ether oxygens (including phenoxy) is 2. The lowest BCUT2D eigenvalue weighted by Crippen LogP contribution is -2.22. The van der Waals surface area contributed by atoms with Crippen LogP contribution in [0.4, 0.5) is 0 Å². The first-order valence-corrected chi connectivity index (χ1v) is 8.78. The Morgan fingerprint density at radius 3 is 2.20 bits per heavy atom. The molecule has 8 heteroatoms. The van der Waals surface area contributed by atoms with Crippen LogP contribution < -0.4 is 4.74 Å². The van der Waals surface area contributed by atoms with Crippen LogP contribution in [0, 0.1) is 0 Å². The van der Waals surface area contributed by atoms with Crippen molar-refractivity contribution in [2.24, 2.45) is 0 Å². The SMILES string of the molecule is CC(C)(C)OCCOc1cc(Cl)c(S(=O)(=O)Cl)cc1Cl. The van der Waals surface area contributed by atoms with Gasteiger partial charge in [0.25, 0.3) is 9.05 Å². The standard InChI is InChI=1S/C12H15Cl3O4S/c1-12(2,3)19-5-4-18-10-6-9(14)11(7-8(10)13)20(15,16)17/h6-7H,4-5H2,1-3H3. The van der Waals surface area contributed by atoms with Crippen LogP contribution in [0.1, 0.15) is 20.8 Å². The summed E-state index contributed by atoms with van der Waals surface area (Å²) < 4.78 is 33.4. The van der Waals surface area contributed by atoms with Crippen LogP contribution in [-0.4, -0.2) is 27.2 Å². The Morgan fingerprint density at radius 2 is 1.70 bits per heavy atom. The monoisotopic (exact) mass is 360 g/mol. The maximum atomic E-state index is 11.2. The molecule has 0 unspecified atom stereocenters. The van der Waals surface area contributed by atoms with Crippen LogP contribution in [0.5, 0.6) is 5.75 Å². The van der Waals surface area contributed by atoms with Crippen LogP contribution in [0.3, 0.4) is 0 Å². The third-order valence-corrected chi connectivity index (χ3v) is 4.21. The highest BCUT2D eigenvalue weighted by Gasteiger charge is 2.18. The minimum atomic E-state index is -3.94. The fourth-order valence-electron chi connectivity index (χ4n) is 1.31. The molecule has 0 aliphatic heterocycles. The van der Waals surface area contributed by atoms with E-state index in [2.05, 4.69) is 0 Å². The minimum Gasteiger partial charge on any atom is -0.490 e. The van der Waals surface area contributed by atoms with Gasteiger partial charge in [0, 0.05) is 16.7 Å². The van der Waals surface area contributed by atoms with E-state index in [1.807, 2.05) is 20.8 Å². The van der Waals surface area contributed by atoms with Crippen molar-refractivity contribution in [3.63, 3.8) is 0 Å². The molecule has 0 aromatic heterocycles. The Bertz CT molecular complexity index is 579. The number of hydrogen-bond donors (Lipinski definition) is 0. The van der Waals surface area contributed by atoms with E-state index in [9.17, 15) is 8.42 Å². The summed E-state index contributed by atoms with van der Waals surface area (Å²) >= 11 is 11.8. The summed E-state index contributed by atoms with van der Waals surface area (Å²) in [6, 6.07) is 2.47. The quantitative estimate of drug-likeness (QED) is 0.585. The summed E-state index contributed by atoms with van der Waals surface area (Å²) in [5.41, 5.74) is -0.263. The van der Waals surface area contributed by atoms with Crippen molar-refractivity contribution in [2.75, 3.05) is 13.2 Å². The predicted octanol–water partition coefficient (Wildman–Crippen LogP) is 4.11. The lowest BCUT2D eigenvalue weighted by atomic mass is 10.2. The zero-order valence-corrected chi connectivity index (χ0v) is 14.3. The number of halogens is 3. The second-order valence-electron chi connectivity index (χ2n) is 4.96. The molecule has 0 spiro atoms. The fraction of sp³-hybridized carbons (Fsp3) is 0.500. The molecule has 1 aromatic rings. The average Bonchev–Trinajstić information content (AvgIpc) is 2.25. The Kier molecular flexibility index (Phi) is 5.99. The molecule has 0 bridgehead atoms. The molecule has 0 atom stereocenters. The molecule has 1 aromatic carbocycles. The molecule has 0 amide bonds. The number of hydrogen-bond acceptors (Lipinski definition) is 4. The van der Waals surface area contributed by atoms with Gasteiger partial charge in [-0.3, -0.25) is 0 Å². The van der Waals surface area contributed by atoms with Crippen molar-refractivity contribution in [1.82, 2.24) is 0 Å². The van der Waals surface area contributed by atoms with E-state index >= 15 is 0 Å². The summed E-state index contributed by atoms with van der Waals surface area (Å²) in [5.74, 6) is 0.276. The van der Waals surface area contributed by atoms with Gasteiger partial charge in [0.15, 0.2) is 0 Å². The summed E-state index contributed by atoms with van der Waals surface area (Å²) in [4.78, 5) is -0.246. The highest BCUT2D eigenvalue weighted by Crippen LogP contribution is 2.34. The Hall–Kier alpha value is -0.200. The predicted molar refractivity (Wildman–Crippen MR) is 80.7 cm³/mol. The molecule has 114 valence electrons. The second kappa shape index (κ2) is 6.71. The molecule has 1 rings (SSSR count). The second-order valence-corrected chi connectivity index (χ2v) is 8.31. The van der Waals surface area contributed by atoms with E-state index < -0.39 is 9.05 Å². The van der Waals surface area contributed by atoms with Crippen molar-refractivity contribution in [3.05, 3.63) is 22.2 Å². The molecule has 0 radical (unpaired) electrons. The summed E-state index contributed by atoms with van der Waals surface area (Å²) in [5, 5.41) is 0.0699. The highest BCUT2D eigenvalue weighted by atomic mass is 35.7. The molecular weight excluding hydrogens is 347 g/mol. The van der Waals surface area contributed by atoms with Crippen LogP contribution in [0.15, 0.2) is 17.0 Å². The third-order valence-electron chi connectivity index (χ3n) is 2.13. The van der Waals surface area contributed by atoms with Gasteiger partial charge in [-0.25, -0.2) is 8.42 Å². The molecule has 20 heavy (non-hydrogen) atoms. The topological polar surface area (TPSA) is 52.6 Å². The Labute approximate surface area is 133 Å². The van der Waals surface area contributed by atoms with Gasteiger partial charge < -0.3 is 9.47 Å². The maximum Gasteiger partial charge on any atom is 0.262 e. The van der Waals surface area contributed by atoms with Gasteiger partial charge in [0.2, 0.25) is 0 Å². The van der Waals surface area contributed by atoms with Crippen LogP contribution in [0.25, 0.3) is 0 Å². The van der Waals surface area contributed by atoms with Crippen molar-refractivity contribution >= 4 is 42.9 Å². The van der Waals surface area contributed by atoms with E-state index in [0.717, 1.165) is 6.07 Å². The number of benzene rings is 1. The van der Waals surface area contributed by atoms with Gasteiger partial charge in [0.05, 0.1) is 22.3 Å². The fourth-order valence-corrected chi connectivity index (χ4v) is 3.10. The molecule has 0 fully saturated rings. The van der Waals surface area contributed by atoms with Crippen molar-refractivity contribution in [3.8, 4) is 5.75 Å². The molecule has 0 heterocycles. The zero-order chi connectivity index (χ0) is 15.6. The van der Waals surface area contributed by atoms with Crippen LogP contribution in [0.2, 0.25) is 10.0 Å². The molecule has 4 nitrogen and oxygen atoms in total. The first-order valence-electron chi connectivity index (χ1n) is 5.71. The zero-order valence-electron chi connectivity index (χ0n) is 11.2. The van der Waals surface area contributed by atoms with Gasteiger partial charge in [0.1, 0.15) is 17.3 Å². The molecule has 0 saturated carbocycles. The van der Waals surface area contributed by atoms with Crippen LogP contribution >= 0.6 is 33.9 Å². The largest absolute Gasteiger partial charge is 0.490 e. The van der Waals surface area contributed by atoms with Crippen LogP contribution in [-0.2, 0) is 13.8 Å². The molecular formula is C12H15Cl3O4S. The highest BCUT2D eigenvalue weighted by molar-refractivity contribution is 8.13. The van der Waals surface area contributed by atoms with Crippen molar-refractivity contribution < 1.29 is 17.9 Å². The van der Waals surface area contributed by atoms with Gasteiger partial charge in [-0.1, -0.05) is 23.2 Å².